The number of ketones is 1. The Hall–Kier alpha value is -3.18. The SMILES string of the molecule is CC(C)[C@H](NC(=O)N[C@H](C(=O)N1CC[C@H](C(C)C)[C@H]1C(=O)NC(CC1CCC1)C(=O)C(N)=O)C(C)(C)C)C(=O)N(C)C(C)C. The molecule has 0 aromatic rings. The topological polar surface area (TPSA) is 171 Å². The summed E-state index contributed by atoms with van der Waals surface area (Å²) in [6.45, 7) is 17.1. The normalized spacial score (nSPS) is 21.0. The molecule has 5 N–H and O–H groups in total. The van der Waals surface area contributed by atoms with Gasteiger partial charge in [-0.2, -0.15) is 0 Å². The summed E-state index contributed by atoms with van der Waals surface area (Å²) in [6, 6.07) is -4.48. The fourth-order valence-electron chi connectivity index (χ4n) is 5.94. The zero-order chi connectivity index (χ0) is 33.7. The van der Waals surface area contributed by atoms with E-state index in [2.05, 4.69) is 16.0 Å². The van der Waals surface area contributed by atoms with Crippen molar-refractivity contribution in [3.63, 3.8) is 0 Å². The number of urea groups is 1. The van der Waals surface area contributed by atoms with Gasteiger partial charge >= 0.3 is 6.03 Å². The molecular weight excluding hydrogens is 564 g/mol. The van der Waals surface area contributed by atoms with Crippen LogP contribution in [0, 0.1) is 29.1 Å². The van der Waals surface area contributed by atoms with Crippen molar-refractivity contribution in [1.29, 1.82) is 0 Å². The number of amides is 6. The van der Waals surface area contributed by atoms with Gasteiger partial charge in [0.1, 0.15) is 18.1 Å². The van der Waals surface area contributed by atoms with Gasteiger partial charge in [-0.25, -0.2) is 4.79 Å². The number of nitrogens with two attached hydrogens (primary N) is 1. The summed E-state index contributed by atoms with van der Waals surface area (Å²) >= 11 is 0. The first-order chi connectivity index (χ1) is 20.3. The maximum Gasteiger partial charge on any atom is 0.316 e. The van der Waals surface area contributed by atoms with E-state index < -0.39 is 59.1 Å². The number of carbonyl (C=O) groups excluding carboxylic acids is 6. The standard InChI is InChI=1S/C32H56N6O6/c1-17(2)21-14-15-38(24(21)28(41)34-22(25(39)27(33)40)16-20-12-11-13-20)30(43)26(32(7,8)9)36-31(44)35-23(18(3)4)29(42)37(10)19(5)6/h17-24,26H,11-16H2,1-10H3,(H2,33,40)(H,34,41)(H2,35,36,44)/t21-,22?,23+,24+,26-/m1/s1. The average Bonchev–Trinajstić information content (AvgIpc) is 3.34. The van der Waals surface area contributed by atoms with Crippen molar-refractivity contribution in [3.8, 4) is 0 Å². The Morgan fingerprint density at radius 1 is 0.909 bits per heavy atom. The first-order valence-electron chi connectivity index (χ1n) is 16.1. The lowest BCUT2D eigenvalue weighted by molar-refractivity contribution is -0.144. The van der Waals surface area contributed by atoms with Crippen LogP contribution in [0.5, 0.6) is 0 Å². The van der Waals surface area contributed by atoms with Crippen molar-refractivity contribution in [3.05, 3.63) is 0 Å². The first kappa shape index (κ1) is 37.0. The highest BCUT2D eigenvalue weighted by molar-refractivity contribution is 6.37. The Balaban J connectivity index is 2.32. The summed E-state index contributed by atoms with van der Waals surface area (Å²) in [5, 5.41) is 8.34. The van der Waals surface area contributed by atoms with Crippen molar-refractivity contribution in [1.82, 2.24) is 25.8 Å². The van der Waals surface area contributed by atoms with E-state index in [9.17, 15) is 28.8 Å². The van der Waals surface area contributed by atoms with E-state index in [1.54, 1.807) is 11.9 Å². The van der Waals surface area contributed by atoms with Crippen LogP contribution in [0.4, 0.5) is 4.79 Å². The molecule has 0 aromatic carbocycles. The van der Waals surface area contributed by atoms with Crippen LogP contribution in [0.15, 0.2) is 0 Å². The summed E-state index contributed by atoms with van der Waals surface area (Å²) in [5.41, 5.74) is 4.57. The molecule has 6 amide bonds. The Labute approximate surface area is 263 Å². The van der Waals surface area contributed by atoms with Crippen LogP contribution in [0.2, 0.25) is 0 Å². The van der Waals surface area contributed by atoms with Gasteiger partial charge in [-0.15, -0.1) is 0 Å². The largest absolute Gasteiger partial charge is 0.363 e. The van der Waals surface area contributed by atoms with E-state index in [1.807, 2.05) is 62.3 Å². The van der Waals surface area contributed by atoms with Crippen LogP contribution in [-0.4, -0.2) is 89.0 Å². The minimum absolute atomic E-state index is 0.0422. The molecule has 5 atom stereocenters. The number of carbonyl (C=O) groups is 6. The average molecular weight is 621 g/mol. The molecule has 1 heterocycles. The highest BCUT2D eigenvalue weighted by Crippen LogP contribution is 2.34. The number of nitrogens with one attached hydrogen (secondary N) is 3. The lowest BCUT2D eigenvalue weighted by Gasteiger charge is -2.37. The maximum atomic E-state index is 14.2. The minimum atomic E-state index is -1.10. The second-order valence-electron chi connectivity index (χ2n) is 14.7. The van der Waals surface area contributed by atoms with Gasteiger partial charge in [-0.05, 0) is 55.8 Å². The molecule has 250 valence electrons. The summed E-state index contributed by atoms with van der Waals surface area (Å²) in [5.74, 6) is -3.25. The monoisotopic (exact) mass is 620 g/mol. The molecule has 12 nitrogen and oxygen atoms in total. The quantitative estimate of drug-likeness (QED) is 0.230. The molecule has 12 heteroatoms. The summed E-state index contributed by atoms with van der Waals surface area (Å²) in [6.07, 6.45) is 3.76. The van der Waals surface area contributed by atoms with Crippen LogP contribution in [-0.2, 0) is 24.0 Å². The lowest BCUT2D eigenvalue weighted by atomic mass is 9.80. The molecule has 1 unspecified atom stereocenters. The van der Waals surface area contributed by atoms with E-state index in [0.29, 0.717) is 19.4 Å². The van der Waals surface area contributed by atoms with Gasteiger partial charge in [0.15, 0.2) is 0 Å². The maximum absolute atomic E-state index is 14.2. The van der Waals surface area contributed by atoms with Gasteiger partial charge in [0.25, 0.3) is 5.91 Å². The Morgan fingerprint density at radius 2 is 1.50 bits per heavy atom. The fourth-order valence-corrected chi connectivity index (χ4v) is 5.94. The lowest BCUT2D eigenvalue weighted by Crippen LogP contribution is -2.62. The molecule has 1 aliphatic heterocycles. The van der Waals surface area contributed by atoms with Crippen LogP contribution < -0.4 is 21.7 Å². The van der Waals surface area contributed by atoms with Crippen LogP contribution in [0.1, 0.15) is 94.4 Å². The fraction of sp³-hybridized carbons (Fsp3) is 0.812. The molecule has 44 heavy (non-hydrogen) atoms. The molecular formula is C32H56N6O6. The van der Waals surface area contributed by atoms with Gasteiger partial charge in [-0.1, -0.05) is 67.7 Å². The van der Waals surface area contributed by atoms with Gasteiger partial charge in [-0.3, -0.25) is 24.0 Å². The van der Waals surface area contributed by atoms with Gasteiger partial charge in [0.2, 0.25) is 23.5 Å². The van der Waals surface area contributed by atoms with Crippen LogP contribution in [0.3, 0.4) is 0 Å². The third-order valence-corrected chi connectivity index (χ3v) is 9.25. The third kappa shape index (κ3) is 9.17. The van der Waals surface area contributed by atoms with Gasteiger partial charge in [0, 0.05) is 19.6 Å². The van der Waals surface area contributed by atoms with Gasteiger partial charge < -0.3 is 31.5 Å². The predicted octanol–water partition coefficient (Wildman–Crippen LogP) is 2.19. The highest BCUT2D eigenvalue weighted by Gasteiger charge is 2.48. The Morgan fingerprint density at radius 3 is 1.93 bits per heavy atom. The zero-order valence-electron chi connectivity index (χ0n) is 28.4. The number of nitrogens with zero attached hydrogens (tertiary/aromatic N) is 2. The number of hydrogen-bond acceptors (Lipinski definition) is 6. The summed E-state index contributed by atoms with van der Waals surface area (Å²) < 4.78 is 0. The molecule has 0 radical (unpaired) electrons. The Kier molecular flexibility index (Phi) is 12.8. The number of likely N-dealkylation sites (N-methyl/N-ethyl adjacent to an activating group) is 1. The van der Waals surface area contributed by atoms with E-state index in [4.69, 9.17) is 5.73 Å². The van der Waals surface area contributed by atoms with Gasteiger partial charge in [0.05, 0.1) is 6.04 Å². The van der Waals surface area contributed by atoms with Crippen molar-refractivity contribution < 1.29 is 28.8 Å². The highest BCUT2D eigenvalue weighted by atomic mass is 16.2. The third-order valence-electron chi connectivity index (χ3n) is 9.25. The number of rotatable bonds is 13. The molecule has 1 aliphatic carbocycles. The molecule has 1 saturated carbocycles. The molecule has 1 saturated heterocycles. The smallest absolute Gasteiger partial charge is 0.316 e. The van der Waals surface area contributed by atoms with E-state index in [1.165, 1.54) is 4.90 Å². The first-order valence-corrected chi connectivity index (χ1v) is 16.1. The predicted molar refractivity (Wildman–Crippen MR) is 168 cm³/mol. The summed E-state index contributed by atoms with van der Waals surface area (Å²) in [4.78, 5) is 82.0. The summed E-state index contributed by atoms with van der Waals surface area (Å²) in [7, 11) is 1.68. The van der Waals surface area contributed by atoms with E-state index in [0.717, 1.165) is 19.3 Å². The molecule has 2 aliphatic rings. The van der Waals surface area contributed by atoms with Crippen molar-refractivity contribution in [2.75, 3.05) is 13.6 Å². The molecule has 2 fully saturated rings. The van der Waals surface area contributed by atoms with E-state index >= 15 is 0 Å². The molecule has 0 aromatic heterocycles. The second kappa shape index (κ2) is 15.2. The molecule has 0 spiro atoms. The van der Waals surface area contributed by atoms with Crippen molar-refractivity contribution in [2.45, 2.75) is 125 Å². The number of hydrogen-bond donors (Lipinski definition) is 4. The minimum Gasteiger partial charge on any atom is -0.363 e. The van der Waals surface area contributed by atoms with E-state index in [-0.39, 0.29) is 35.6 Å². The second-order valence-corrected chi connectivity index (χ2v) is 14.7. The number of Topliss-reactive ketones (excluding diaryl/α,β-unsaturated/α-hetero) is 1. The zero-order valence-corrected chi connectivity index (χ0v) is 28.4. The Bertz CT molecular complexity index is 1080. The number of likely N-dealkylation sites (tertiary alicyclic amines) is 1. The van der Waals surface area contributed by atoms with Crippen molar-refractivity contribution >= 4 is 35.4 Å². The van der Waals surface area contributed by atoms with Crippen LogP contribution in [0.25, 0.3) is 0 Å². The van der Waals surface area contributed by atoms with Crippen LogP contribution >= 0.6 is 0 Å². The molecule has 2 rings (SSSR count). The number of primary amides is 1. The van der Waals surface area contributed by atoms with Crippen molar-refractivity contribution in [2.24, 2.45) is 34.8 Å². The molecule has 0 bridgehead atoms.